The van der Waals surface area contributed by atoms with Crippen LogP contribution >= 0.6 is 0 Å². The number of H-pyrrole nitrogens is 1. The van der Waals surface area contributed by atoms with Crippen LogP contribution in [0.2, 0.25) is 0 Å². The monoisotopic (exact) mass is 272 g/mol. The number of benzene rings is 1. The zero-order valence-electron chi connectivity index (χ0n) is 12.8. The van der Waals surface area contributed by atoms with Crippen LogP contribution < -0.4 is 4.90 Å². The zero-order chi connectivity index (χ0) is 14.3. The number of anilines is 1. The van der Waals surface area contributed by atoms with Gasteiger partial charge in [-0.3, -0.25) is 4.90 Å². The Morgan fingerprint density at radius 2 is 2.15 bits per heavy atom. The van der Waals surface area contributed by atoms with Crippen molar-refractivity contribution >= 4 is 16.7 Å². The van der Waals surface area contributed by atoms with Crippen LogP contribution in [-0.4, -0.2) is 42.6 Å². The summed E-state index contributed by atoms with van der Waals surface area (Å²) in [5.41, 5.74) is 3.41. The smallest absolute Gasteiger partial charge is 0.124 e. The van der Waals surface area contributed by atoms with Gasteiger partial charge in [-0.2, -0.15) is 0 Å². The first kappa shape index (κ1) is 13.4. The lowest BCUT2D eigenvalue weighted by Gasteiger charge is -2.34. The molecular weight excluding hydrogens is 248 g/mol. The van der Waals surface area contributed by atoms with Gasteiger partial charge in [0.05, 0.1) is 17.1 Å². The van der Waals surface area contributed by atoms with E-state index in [2.05, 4.69) is 61.0 Å². The van der Waals surface area contributed by atoms with Crippen LogP contribution in [-0.2, 0) is 0 Å². The highest BCUT2D eigenvalue weighted by molar-refractivity contribution is 5.79. The Kier molecular flexibility index (Phi) is 3.42. The number of hydrogen-bond donors (Lipinski definition) is 1. The van der Waals surface area contributed by atoms with Gasteiger partial charge in [0.2, 0.25) is 0 Å². The summed E-state index contributed by atoms with van der Waals surface area (Å²) in [4.78, 5) is 12.9. The number of rotatable bonds is 2. The Morgan fingerprint density at radius 1 is 1.35 bits per heavy atom. The Morgan fingerprint density at radius 3 is 2.90 bits per heavy atom. The van der Waals surface area contributed by atoms with Gasteiger partial charge in [-0.05, 0) is 50.6 Å². The number of piperidine rings is 1. The first-order chi connectivity index (χ1) is 9.54. The average Bonchev–Trinajstić information content (AvgIpc) is 2.83. The molecule has 1 aliphatic rings. The van der Waals surface area contributed by atoms with Gasteiger partial charge in [0.1, 0.15) is 5.82 Å². The summed E-state index contributed by atoms with van der Waals surface area (Å²) >= 11 is 0. The van der Waals surface area contributed by atoms with Crippen LogP contribution in [0.15, 0.2) is 18.2 Å². The van der Waals surface area contributed by atoms with Gasteiger partial charge in [-0.1, -0.05) is 6.92 Å². The molecule has 1 fully saturated rings. The zero-order valence-corrected chi connectivity index (χ0v) is 12.8. The topological polar surface area (TPSA) is 35.2 Å². The maximum Gasteiger partial charge on any atom is 0.124 e. The lowest BCUT2D eigenvalue weighted by atomic mass is 9.92. The molecule has 2 atom stereocenters. The third kappa shape index (κ3) is 2.40. The minimum absolute atomic E-state index is 0.425. The van der Waals surface area contributed by atoms with E-state index in [9.17, 15) is 0 Å². The number of hydrogen-bond acceptors (Lipinski definition) is 3. The van der Waals surface area contributed by atoms with Crippen LogP contribution in [0.3, 0.4) is 0 Å². The summed E-state index contributed by atoms with van der Waals surface area (Å²) in [6, 6.07) is 6.84. The fourth-order valence-corrected chi connectivity index (χ4v) is 3.03. The Bertz CT molecular complexity index is 602. The van der Waals surface area contributed by atoms with Crippen molar-refractivity contribution in [2.45, 2.75) is 25.8 Å². The van der Waals surface area contributed by atoms with Crippen molar-refractivity contribution in [3.63, 3.8) is 0 Å². The summed E-state index contributed by atoms with van der Waals surface area (Å²) < 4.78 is 0. The van der Waals surface area contributed by atoms with E-state index in [0.29, 0.717) is 6.04 Å². The van der Waals surface area contributed by atoms with Crippen molar-refractivity contribution in [1.29, 1.82) is 0 Å². The van der Waals surface area contributed by atoms with Crippen molar-refractivity contribution in [1.82, 2.24) is 14.9 Å². The number of likely N-dealkylation sites (tertiary alicyclic amines) is 1. The van der Waals surface area contributed by atoms with Crippen LogP contribution in [0.25, 0.3) is 11.0 Å². The van der Waals surface area contributed by atoms with Crippen LogP contribution in [0.5, 0.6) is 0 Å². The molecule has 4 heteroatoms. The highest BCUT2D eigenvalue weighted by Crippen LogP contribution is 2.32. The summed E-state index contributed by atoms with van der Waals surface area (Å²) in [5.74, 6) is 1.90. The molecule has 0 spiro atoms. The molecule has 1 N–H and O–H groups in total. The fraction of sp³-hybridized carbons (Fsp3) is 0.562. The van der Waals surface area contributed by atoms with E-state index < -0.39 is 0 Å². The molecule has 4 nitrogen and oxygen atoms in total. The summed E-state index contributed by atoms with van der Waals surface area (Å²) in [5, 5.41) is 0. The number of aromatic amines is 1. The van der Waals surface area contributed by atoms with Crippen molar-refractivity contribution in [3.05, 3.63) is 24.0 Å². The molecule has 2 heterocycles. The third-order valence-electron chi connectivity index (χ3n) is 4.45. The van der Waals surface area contributed by atoms with E-state index in [1.165, 1.54) is 18.5 Å². The van der Waals surface area contributed by atoms with Crippen molar-refractivity contribution in [2.75, 3.05) is 32.6 Å². The van der Waals surface area contributed by atoms with E-state index in [4.69, 9.17) is 4.98 Å². The number of aromatic nitrogens is 2. The standard InChI is InChI=1S/C16H24N4/c1-11-7-8-20(4)15(9-11)16-17-13-6-5-12(19(2)3)10-14(13)18-16/h5-6,10-11,15H,7-9H2,1-4H3,(H,17,18)/t11?,15-/m1/s1. The van der Waals surface area contributed by atoms with Gasteiger partial charge < -0.3 is 9.88 Å². The van der Waals surface area contributed by atoms with E-state index in [1.807, 2.05) is 0 Å². The van der Waals surface area contributed by atoms with E-state index >= 15 is 0 Å². The number of nitrogens with zero attached hydrogens (tertiary/aromatic N) is 3. The highest BCUT2D eigenvalue weighted by atomic mass is 15.2. The maximum atomic E-state index is 4.81. The molecule has 108 valence electrons. The minimum atomic E-state index is 0.425. The molecule has 0 amide bonds. The molecule has 20 heavy (non-hydrogen) atoms. The number of fused-ring (bicyclic) bond motifs is 1. The van der Waals surface area contributed by atoms with Gasteiger partial charge in [0.15, 0.2) is 0 Å². The summed E-state index contributed by atoms with van der Waals surface area (Å²) in [6.07, 6.45) is 2.48. The summed E-state index contributed by atoms with van der Waals surface area (Å²) in [7, 11) is 6.33. The SMILES string of the molecule is CC1CCN(C)[C@@H](c2nc3ccc(N(C)C)cc3[nH]2)C1. The molecule has 1 aromatic heterocycles. The van der Waals surface area contributed by atoms with E-state index in [1.54, 1.807) is 0 Å². The quantitative estimate of drug-likeness (QED) is 0.912. The second-order valence-corrected chi connectivity index (χ2v) is 6.34. The Labute approximate surface area is 120 Å². The lowest BCUT2D eigenvalue weighted by Crippen LogP contribution is -2.33. The molecule has 0 aliphatic carbocycles. The van der Waals surface area contributed by atoms with Gasteiger partial charge in [0.25, 0.3) is 0 Å². The van der Waals surface area contributed by atoms with Crippen molar-refractivity contribution in [2.24, 2.45) is 5.92 Å². The molecule has 2 aromatic rings. The van der Waals surface area contributed by atoms with Gasteiger partial charge in [0, 0.05) is 19.8 Å². The van der Waals surface area contributed by atoms with Gasteiger partial charge in [-0.15, -0.1) is 0 Å². The fourth-order valence-electron chi connectivity index (χ4n) is 3.03. The summed E-state index contributed by atoms with van der Waals surface area (Å²) in [6.45, 7) is 3.50. The molecule has 0 bridgehead atoms. The lowest BCUT2D eigenvalue weighted by molar-refractivity contribution is 0.144. The van der Waals surface area contributed by atoms with Gasteiger partial charge in [-0.25, -0.2) is 4.98 Å². The van der Waals surface area contributed by atoms with Crippen molar-refractivity contribution < 1.29 is 0 Å². The van der Waals surface area contributed by atoms with Crippen LogP contribution in [0, 0.1) is 5.92 Å². The second kappa shape index (κ2) is 5.09. The first-order valence-electron chi connectivity index (χ1n) is 7.42. The molecule has 1 aromatic carbocycles. The van der Waals surface area contributed by atoms with E-state index in [-0.39, 0.29) is 0 Å². The first-order valence-corrected chi connectivity index (χ1v) is 7.42. The second-order valence-electron chi connectivity index (χ2n) is 6.34. The molecule has 3 rings (SSSR count). The molecule has 0 saturated carbocycles. The highest BCUT2D eigenvalue weighted by Gasteiger charge is 2.27. The van der Waals surface area contributed by atoms with Crippen LogP contribution in [0.1, 0.15) is 31.6 Å². The van der Waals surface area contributed by atoms with Gasteiger partial charge >= 0.3 is 0 Å². The largest absolute Gasteiger partial charge is 0.378 e. The molecule has 1 aliphatic heterocycles. The average molecular weight is 272 g/mol. The normalized spacial score (nSPS) is 24.2. The minimum Gasteiger partial charge on any atom is -0.378 e. The maximum absolute atomic E-state index is 4.81. The molecule has 1 saturated heterocycles. The van der Waals surface area contributed by atoms with Crippen LogP contribution in [0.4, 0.5) is 5.69 Å². The molecule has 1 unspecified atom stereocenters. The van der Waals surface area contributed by atoms with Crippen molar-refractivity contribution in [3.8, 4) is 0 Å². The predicted molar refractivity (Wildman–Crippen MR) is 84.2 cm³/mol. The number of nitrogens with one attached hydrogen (secondary N) is 1. The number of imidazole rings is 1. The van der Waals surface area contributed by atoms with E-state index in [0.717, 1.165) is 29.3 Å². The molecular formula is C16H24N4. The Balaban J connectivity index is 1.95. The molecule has 0 radical (unpaired) electrons. The third-order valence-corrected chi connectivity index (χ3v) is 4.45. The predicted octanol–water partition coefficient (Wildman–Crippen LogP) is 3.03. The Hall–Kier alpha value is -1.55.